The van der Waals surface area contributed by atoms with Crippen molar-refractivity contribution in [1.29, 1.82) is 0 Å². The molecule has 1 aromatic heterocycles. The zero-order valence-electron chi connectivity index (χ0n) is 11.3. The van der Waals surface area contributed by atoms with E-state index in [2.05, 4.69) is 15.6 Å². The minimum absolute atomic E-state index is 0.0340. The Morgan fingerprint density at radius 2 is 2.05 bits per heavy atom. The molecule has 0 spiro atoms. The van der Waals surface area contributed by atoms with Gasteiger partial charge in [0.05, 0.1) is 17.8 Å². The van der Waals surface area contributed by atoms with Crippen molar-refractivity contribution >= 4 is 0 Å². The van der Waals surface area contributed by atoms with E-state index in [0.29, 0.717) is 5.92 Å². The molecule has 2 N–H and O–H groups in total. The van der Waals surface area contributed by atoms with Crippen LogP contribution in [-0.4, -0.2) is 33.2 Å². The first kappa shape index (κ1) is 14.1. The number of nitrogens with one attached hydrogen (secondary N) is 1. The van der Waals surface area contributed by atoms with Gasteiger partial charge in [0.25, 0.3) is 0 Å². The van der Waals surface area contributed by atoms with Crippen molar-refractivity contribution in [3.63, 3.8) is 0 Å². The van der Waals surface area contributed by atoms with E-state index in [1.54, 1.807) is 6.20 Å². The summed E-state index contributed by atoms with van der Waals surface area (Å²) >= 11 is 0. The molecule has 3 rings (SSSR count). The largest absolute Gasteiger partial charge is 0.386 e. The van der Waals surface area contributed by atoms with E-state index in [1.165, 1.54) is 10.7 Å². The zero-order chi connectivity index (χ0) is 14.8. The first-order valence-electron chi connectivity index (χ1n) is 6.85. The minimum Gasteiger partial charge on any atom is -0.386 e. The maximum absolute atomic E-state index is 13.6. The van der Waals surface area contributed by atoms with E-state index in [9.17, 15) is 13.9 Å². The van der Waals surface area contributed by atoms with Gasteiger partial charge in [0.1, 0.15) is 17.7 Å². The lowest BCUT2D eigenvalue weighted by atomic mass is 9.98. The van der Waals surface area contributed by atoms with Gasteiger partial charge >= 0.3 is 0 Å². The van der Waals surface area contributed by atoms with E-state index in [-0.39, 0.29) is 12.1 Å². The van der Waals surface area contributed by atoms with Crippen molar-refractivity contribution in [2.24, 2.45) is 5.92 Å². The Balaban J connectivity index is 1.68. The highest BCUT2D eigenvalue weighted by atomic mass is 19.1. The average Bonchev–Trinajstić information content (AvgIpc) is 2.81. The molecular formula is C14H16F2N4O. The number of aliphatic hydroxyl groups is 1. The Labute approximate surface area is 120 Å². The third-order valence-electron chi connectivity index (χ3n) is 3.64. The lowest BCUT2D eigenvalue weighted by Crippen LogP contribution is -2.43. The summed E-state index contributed by atoms with van der Waals surface area (Å²) < 4.78 is 28.6. The van der Waals surface area contributed by atoms with Gasteiger partial charge in [-0.25, -0.2) is 13.5 Å². The fraction of sp³-hybridized carbons (Fsp3) is 0.429. The topological polar surface area (TPSA) is 63.0 Å². The molecule has 0 radical (unpaired) electrons. The monoisotopic (exact) mass is 294 g/mol. The number of hydrogen-bond donors (Lipinski definition) is 2. The maximum Gasteiger partial charge on any atom is 0.132 e. The highest BCUT2D eigenvalue weighted by Gasteiger charge is 2.21. The molecule has 1 aromatic carbocycles. The van der Waals surface area contributed by atoms with Crippen LogP contribution in [0.1, 0.15) is 17.4 Å². The predicted molar refractivity (Wildman–Crippen MR) is 71.4 cm³/mol. The Hall–Kier alpha value is -1.86. The normalized spacial score (nSPS) is 16.7. The summed E-state index contributed by atoms with van der Waals surface area (Å²) in [4.78, 5) is 0. The minimum atomic E-state index is -1.30. The van der Waals surface area contributed by atoms with Crippen LogP contribution in [0.5, 0.6) is 0 Å². The molecule has 0 amide bonds. The summed E-state index contributed by atoms with van der Waals surface area (Å²) in [5.74, 6) is -0.962. The number of aliphatic hydroxyl groups excluding tert-OH is 1. The molecule has 2 heterocycles. The molecule has 1 fully saturated rings. The van der Waals surface area contributed by atoms with Crippen LogP contribution in [0.2, 0.25) is 0 Å². The van der Waals surface area contributed by atoms with Gasteiger partial charge in [0.15, 0.2) is 0 Å². The van der Waals surface area contributed by atoms with Gasteiger partial charge in [-0.2, -0.15) is 0 Å². The molecule has 0 aliphatic carbocycles. The molecule has 1 aliphatic heterocycles. The Morgan fingerprint density at radius 3 is 2.67 bits per heavy atom. The molecule has 21 heavy (non-hydrogen) atoms. The fourth-order valence-electron chi connectivity index (χ4n) is 2.41. The molecule has 112 valence electrons. The van der Waals surface area contributed by atoms with Gasteiger partial charge < -0.3 is 10.4 Å². The van der Waals surface area contributed by atoms with Crippen molar-refractivity contribution in [2.75, 3.05) is 13.1 Å². The second-order valence-electron chi connectivity index (χ2n) is 5.31. The fourth-order valence-corrected chi connectivity index (χ4v) is 2.41. The van der Waals surface area contributed by atoms with Crippen LogP contribution < -0.4 is 5.32 Å². The van der Waals surface area contributed by atoms with Gasteiger partial charge in [-0.1, -0.05) is 11.3 Å². The van der Waals surface area contributed by atoms with Crippen LogP contribution in [-0.2, 0) is 13.0 Å². The van der Waals surface area contributed by atoms with Gasteiger partial charge in [-0.3, -0.25) is 0 Å². The number of hydrogen-bond acceptors (Lipinski definition) is 4. The van der Waals surface area contributed by atoms with Crippen LogP contribution in [0.4, 0.5) is 8.78 Å². The molecule has 0 saturated carbocycles. The second-order valence-corrected chi connectivity index (χ2v) is 5.31. The summed E-state index contributed by atoms with van der Waals surface area (Å²) in [6.07, 6.45) is 1.23. The average molecular weight is 294 g/mol. The van der Waals surface area contributed by atoms with E-state index >= 15 is 0 Å². The van der Waals surface area contributed by atoms with Crippen LogP contribution in [0.25, 0.3) is 0 Å². The number of aromatic nitrogens is 3. The second kappa shape index (κ2) is 5.87. The number of halogens is 2. The van der Waals surface area contributed by atoms with Crippen molar-refractivity contribution in [3.8, 4) is 0 Å². The smallest absolute Gasteiger partial charge is 0.132 e. The summed E-state index contributed by atoms with van der Waals surface area (Å²) in [6.45, 7) is 1.90. The summed E-state index contributed by atoms with van der Waals surface area (Å²) in [5, 5.41) is 21.1. The molecular weight excluding hydrogens is 278 g/mol. The summed E-state index contributed by atoms with van der Waals surface area (Å²) in [7, 11) is 0. The van der Waals surface area contributed by atoms with Crippen LogP contribution in [0, 0.1) is 17.6 Å². The standard InChI is InChI=1S/C14H16F2N4O/c15-11-2-1-3-12(16)14(11)13(21)8-20-7-10(18-19-20)4-9-5-17-6-9/h1-3,7,9,13,17,21H,4-6,8H2. The Morgan fingerprint density at radius 1 is 1.33 bits per heavy atom. The number of benzene rings is 1. The lowest BCUT2D eigenvalue weighted by molar-refractivity contribution is 0.141. The van der Waals surface area contributed by atoms with Crippen molar-refractivity contribution in [2.45, 2.75) is 19.1 Å². The first-order chi connectivity index (χ1) is 10.1. The summed E-state index contributed by atoms with van der Waals surface area (Å²) in [5.41, 5.74) is 0.487. The van der Waals surface area contributed by atoms with Gasteiger partial charge in [0.2, 0.25) is 0 Å². The predicted octanol–water partition coefficient (Wildman–Crippen LogP) is 1.05. The van der Waals surface area contributed by atoms with Crippen molar-refractivity contribution < 1.29 is 13.9 Å². The van der Waals surface area contributed by atoms with Crippen molar-refractivity contribution in [1.82, 2.24) is 20.3 Å². The molecule has 0 bridgehead atoms. The molecule has 5 nitrogen and oxygen atoms in total. The highest BCUT2D eigenvalue weighted by Crippen LogP contribution is 2.22. The van der Waals surface area contributed by atoms with Gasteiger partial charge in [0, 0.05) is 6.20 Å². The molecule has 1 saturated heterocycles. The lowest BCUT2D eigenvalue weighted by Gasteiger charge is -2.25. The number of nitrogens with zero attached hydrogens (tertiary/aromatic N) is 3. The molecule has 2 aromatic rings. The van der Waals surface area contributed by atoms with Gasteiger partial charge in [-0.15, -0.1) is 5.10 Å². The van der Waals surface area contributed by atoms with E-state index in [1.807, 2.05) is 0 Å². The number of rotatable bonds is 5. The maximum atomic E-state index is 13.6. The van der Waals surface area contributed by atoms with E-state index in [0.717, 1.165) is 37.3 Å². The van der Waals surface area contributed by atoms with Crippen LogP contribution in [0.3, 0.4) is 0 Å². The quantitative estimate of drug-likeness (QED) is 0.865. The van der Waals surface area contributed by atoms with Crippen LogP contribution in [0.15, 0.2) is 24.4 Å². The van der Waals surface area contributed by atoms with Crippen LogP contribution >= 0.6 is 0 Å². The van der Waals surface area contributed by atoms with E-state index in [4.69, 9.17) is 0 Å². The van der Waals surface area contributed by atoms with Crippen molar-refractivity contribution in [3.05, 3.63) is 47.3 Å². The molecule has 1 aliphatic rings. The zero-order valence-corrected chi connectivity index (χ0v) is 11.3. The SMILES string of the molecule is OC(Cn1cc(CC2CNC2)nn1)c1c(F)cccc1F. The first-order valence-corrected chi connectivity index (χ1v) is 6.85. The molecule has 7 heteroatoms. The van der Waals surface area contributed by atoms with Gasteiger partial charge in [-0.05, 0) is 37.6 Å². The summed E-state index contributed by atoms with van der Waals surface area (Å²) in [6, 6.07) is 3.51. The third-order valence-corrected chi connectivity index (χ3v) is 3.64. The Kier molecular flexibility index (Phi) is 3.94. The Bertz CT molecular complexity index is 607. The highest BCUT2D eigenvalue weighted by molar-refractivity contribution is 5.21. The third kappa shape index (κ3) is 3.08. The van der Waals surface area contributed by atoms with E-state index < -0.39 is 17.7 Å². The molecule has 1 atom stereocenters. The molecule has 1 unspecified atom stereocenters.